The zero-order valence-electron chi connectivity index (χ0n) is 17.0. The molecule has 0 aromatic rings. The van der Waals surface area contributed by atoms with Crippen LogP contribution in [0.4, 0.5) is 0 Å². The number of aliphatic hydroxyl groups excluding tert-OH is 1. The first-order valence-corrected chi connectivity index (χ1v) is 9.24. The molecule has 14 nitrogen and oxygen atoms in total. The number of carboxylic acid groups (broad SMARTS) is 3. The molecule has 9 N–H and O–H groups in total. The zero-order valence-corrected chi connectivity index (χ0v) is 17.0. The molecule has 4 atom stereocenters. The smallest absolute Gasteiger partial charge is 0.326 e. The third-order valence-electron chi connectivity index (χ3n) is 4.06. The van der Waals surface area contributed by atoms with Gasteiger partial charge < -0.3 is 42.1 Å². The van der Waals surface area contributed by atoms with E-state index in [2.05, 4.69) is 16.0 Å². The Hall–Kier alpha value is -3.26. The van der Waals surface area contributed by atoms with E-state index < -0.39 is 91.6 Å². The number of carboxylic acids is 3. The molecule has 0 fully saturated rings. The third kappa shape index (κ3) is 10.4. The number of nitrogens with one attached hydrogen (secondary N) is 3. The Morgan fingerprint density at radius 3 is 1.74 bits per heavy atom. The van der Waals surface area contributed by atoms with E-state index in [1.165, 1.54) is 13.8 Å². The molecule has 0 radical (unpaired) electrons. The van der Waals surface area contributed by atoms with Crippen LogP contribution < -0.4 is 21.7 Å². The largest absolute Gasteiger partial charge is 0.481 e. The second-order valence-electron chi connectivity index (χ2n) is 7.01. The molecule has 0 spiro atoms. The average Bonchev–Trinajstić information content (AvgIpc) is 2.65. The molecular weight excluding hydrogens is 420 g/mol. The van der Waals surface area contributed by atoms with Crippen molar-refractivity contribution in [2.75, 3.05) is 6.61 Å². The van der Waals surface area contributed by atoms with Crippen LogP contribution in [0.5, 0.6) is 0 Å². The van der Waals surface area contributed by atoms with E-state index in [0.29, 0.717) is 0 Å². The summed E-state index contributed by atoms with van der Waals surface area (Å²) in [5.74, 6) is -7.60. The van der Waals surface area contributed by atoms with Crippen LogP contribution in [-0.2, 0) is 28.8 Å². The fourth-order valence-corrected chi connectivity index (χ4v) is 2.33. The van der Waals surface area contributed by atoms with E-state index in [0.717, 1.165) is 0 Å². The van der Waals surface area contributed by atoms with Crippen LogP contribution in [0.1, 0.15) is 33.1 Å². The lowest BCUT2D eigenvalue weighted by Gasteiger charge is -2.24. The van der Waals surface area contributed by atoms with Gasteiger partial charge in [-0.1, -0.05) is 13.8 Å². The second kappa shape index (κ2) is 13.1. The van der Waals surface area contributed by atoms with Gasteiger partial charge in [0.1, 0.15) is 18.1 Å². The van der Waals surface area contributed by atoms with Gasteiger partial charge in [0, 0.05) is 6.42 Å². The van der Waals surface area contributed by atoms with Gasteiger partial charge in [-0.15, -0.1) is 0 Å². The molecule has 0 aromatic heterocycles. The fourth-order valence-electron chi connectivity index (χ4n) is 2.33. The summed E-state index contributed by atoms with van der Waals surface area (Å²) < 4.78 is 0. The summed E-state index contributed by atoms with van der Waals surface area (Å²) in [6.45, 7) is 2.15. The Kier molecular flexibility index (Phi) is 11.7. The molecule has 0 bridgehead atoms. The predicted octanol–water partition coefficient (Wildman–Crippen LogP) is -3.16. The summed E-state index contributed by atoms with van der Waals surface area (Å²) in [5.41, 5.74) is 5.41. The predicted molar refractivity (Wildman–Crippen MR) is 102 cm³/mol. The lowest BCUT2D eigenvalue weighted by molar-refractivity contribution is -0.143. The molecule has 0 saturated carbocycles. The monoisotopic (exact) mass is 448 g/mol. The van der Waals surface area contributed by atoms with Crippen molar-refractivity contribution in [2.45, 2.75) is 57.3 Å². The number of amides is 3. The third-order valence-corrected chi connectivity index (χ3v) is 4.06. The van der Waals surface area contributed by atoms with E-state index in [-0.39, 0.29) is 0 Å². The number of carbonyl (C=O) groups is 6. The number of rotatable bonds is 14. The molecule has 4 unspecified atom stereocenters. The number of nitrogens with two attached hydrogens (primary N) is 1. The van der Waals surface area contributed by atoms with E-state index in [1.807, 2.05) is 0 Å². The van der Waals surface area contributed by atoms with Gasteiger partial charge in [-0.25, -0.2) is 4.79 Å². The van der Waals surface area contributed by atoms with Crippen molar-refractivity contribution in [3.8, 4) is 0 Å². The standard InChI is InChI=1S/C17H28N4O10/c1-7(2)13(17(30)31)21-16(29)10(6-22)20-15(28)9(3-4-11(23)24)19-14(27)8(18)5-12(25)26/h7-10,13,22H,3-6,18H2,1-2H3,(H,19,27)(H,20,28)(H,21,29)(H,23,24)(H,25,26)(H,30,31). The molecule has 0 aliphatic rings. The summed E-state index contributed by atoms with van der Waals surface area (Å²) >= 11 is 0. The van der Waals surface area contributed by atoms with Crippen LogP contribution in [0.2, 0.25) is 0 Å². The minimum Gasteiger partial charge on any atom is -0.481 e. The van der Waals surface area contributed by atoms with Crippen molar-refractivity contribution in [1.82, 2.24) is 16.0 Å². The van der Waals surface area contributed by atoms with Gasteiger partial charge >= 0.3 is 17.9 Å². The lowest BCUT2D eigenvalue weighted by atomic mass is 10.0. The summed E-state index contributed by atoms with van der Waals surface area (Å²) in [7, 11) is 0. The Labute approximate surface area is 177 Å². The Morgan fingerprint density at radius 1 is 0.806 bits per heavy atom. The Morgan fingerprint density at radius 2 is 1.32 bits per heavy atom. The molecule has 0 heterocycles. The number of aliphatic hydroxyl groups is 1. The van der Waals surface area contributed by atoms with Crippen LogP contribution >= 0.6 is 0 Å². The molecule has 0 aromatic carbocycles. The zero-order chi connectivity index (χ0) is 24.3. The maximum Gasteiger partial charge on any atom is 0.326 e. The molecule has 0 aliphatic carbocycles. The highest BCUT2D eigenvalue weighted by Gasteiger charge is 2.31. The summed E-state index contributed by atoms with van der Waals surface area (Å²) in [4.78, 5) is 69.4. The normalized spacial score (nSPS) is 14.6. The molecular formula is C17H28N4O10. The highest BCUT2D eigenvalue weighted by Crippen LogP contribution is 2.04. The SMILES string of the molecule is CC(C)C(NC(=O)C(CO)NC(=O)C(CCC(=O)O)NC(=O)C(N)CC(=O)O)C(=O)O. The van der Waals surface area contributed by atoms with Gasteiger partial charge in [-0.05, 0) is 12.3 Å². The lowest BCUT2D eigenvalue weighted by Crippen LogP contribution is -2.58. The highest BCUT2D eigenvalue weighted by molar-refractivity contribution is 5.95. The van der Waals surface area contributed by atoms with Crippen molar-refractivity contribution in [3.05, 3.63) is 0 Å². The van der Waals surface area contributed by atoms with Crippen LogP contribution in [0, 0.1) is 5.92 Å². The van der Waals surface area contributed by atoms with Crippen molar-refractivity contribution < 1.29 is 49.2 Å². The molecule has 31 heavy (non-hydrogen) atoms. The summed E-state index contributed by atoms with van der Waals surface area (Å²) in [6, 6.07) is -5.91. The van der Waals surface area contributed by atoms with Gasteiger partial charge in [-0.3, -0.25) is 24.0 Å². The van der Waals surface area contributed by atoms with Crippen molar-refractivity contribution >= 4 is 35.6 Å². The first-order valence-electron chi connectivity index (χ1n) is 9.24. The average molecular weight is 448 g/mol. The number of aliphatic carboxylic acids is 3. The minimum absolute atomic E-state index is 0.420. The van der Waals surface area contributed by atoms with E-state index in [1.54, 1.807) is 0 Å². The van der Waals surface area contributed by atoms with Crippen LogP contribution in [-0.4, -0.2) is 86.8 Å². The first kappa shape index (κ1) is 27.7. The molecule has 14 heteroatoms. The number of hydrogen-bond acceptors (Lipinski definition) is 8. The molecule has 0 saturated heterocycles. The quantitative estimate of drug-likeness (QED) is 0.132. The Bertz CT molecular complexity index is 696. The van der Waals surface area contributed by atoms with E-state index >= 15 is 0 Å². The van der Waals surface area contributed by atoms with E-state index in [9.17, 15) is 33.9 Å². The van der Waals surface area contributed by atoms with Crippen LogP contribution in [0.3, 0.4) is 0 Å². The van der Waals surface area contributed by atoms with Gasteiger partial charge in [0.2, 0.25) is 17.7 Å². The summed E-state index contributed by atoms with van der Waals surface area (Å²) in [5, 5.41) is 42.4. The molecule has 0 rings (SSSR count). The number of carbonyl (C=O) groups excluding carboxylic acids is 3. The second-order valence-corrected chi connectivity index (χ2v) is 7.01. The number of hydrogen-bond donors (Lipinski definition) is 8. The highest BCUT2D eigenvalue weighted by atomic mass is 16.4. The van der Waals surface area contributed by atoms with E-state index in [4.69, 9.17) is 21.1 Å². The fraction of sp³-hybridized carbons (Fsp3) is 0.647. The van der Waals surface area contributed by atoms with Gasteiger partial charge in [0.25, 0.3) is 0 Å². The van der Waals surface area contributed by atoms with Crippen molar-refractivity contribution in [2.24, 2.45) is 11.7 Å². The van der Waals surface area contributed by atoms with Crippen LogP contribution in [0.25, 0.3) is 0 Å². The van der Waals surface area contributed by atoms with Crippen LogP contribution in [0.15, 0.2) is 0 Å². The molecule has 3 amide bonds. The Balaban J connectivity index is 5.32. The van der Waals surface area contributed by atoms with Gasteiger partial charge in [0.05, 0.1) is 19.1 Å². The van der Waals surface area contributed by atoms with Crippen molar-refractivity contribution in [1.29, 1.82) is 0 Å². The minimum atomic E-state index is -1.59. The maximum absolute atomic E-state index is 12.5. The maximum atomic E-state index is 12.5. The molecule has 0 aliphatic heterocycles. The molecule has 176 valence electrons. The van der Waals surface area contributed by atoms with Gasteiger partial charge in [0.15, 0.2) is 0 Å². The first-order chi connectivity index (χ1) is 14.3. The van der Waals surface area contributed by atoms with Crippen molar-refractivity contribution in [3.63, 3.8) is 0 Å². The topological polar surface area (TPSA) is 245 Å². The van der Waals surface area contributed by atoms with Gasteiger partial charge in [-0.2, -0.15) is 0 Å². The summed E-state index contributed by atoms with van der Waals surface area (Å²) in [6.07, 6.45) is -1.72.